The van der Waals surface area contributed by atoms with Gasteiger partial charge < -0.3 is 15.2 Å². The summed E-state index contributed by atoms with van der Waals surface area (Å²) in [7, 11) is 1.58. The van der Waals surface area contributed by atoms with Crippen LogP contribution in [-0.2, 0) is 6.61 Å². The molecule has 0 fully saturated rings. The zero-order valence-electron chi connectivity index (χ0n) is 10.0. The number of halogens is 1. The van der Waals surface area contributed by atoms with Gasteiger partial charge in [-0.2, -0.15) is 0 Å². The minimum Gasteiger partial charge on any atom is -0.494 e. The molecule has 0 heterocycles. The standard InChI is InChI=1S/C14H14ClNO2/c1-17-12-3-2-4-13(14(12)16)18-9-10-5-7-11(15)8-6-10/h2-8H,9,16H2,1H3. The van der Waals surface area contributed by atoms with Gasteiger partial charge in [-0.15, -0.1) is 0 Å². The molecule has 0 spiro atoms. The number of rotatable bonds is 4. The maximum Gasteiger partial charge on any atom is 0.146 e. The second-order valence-corrected chi connectivity index (χ2v) is 4.22. The van der Waals surface area contributed by atoms with E-state index in [1.54, 1.807) is 13.2 Å². The maximum absolute atomic E-state index is 5.91. The Balaban J connectivity index is 2.08. The molecule has 0 bridgehead atoms. The molecular formula is C14H14ClNO2. The summed E-state index contributed by atoms with van der Waals surface area (Å²) < 4.78 is 10.8. The fraction of sp³-hybridized carbons (Fsp3) is 0.143. The predicted molar refractivity (Wildman–Crippen MR) is 73.2 cm³/mol. The number of hydrogen-bond donors (Lipinski definition) is 1. The lowest BCUT2D eigenvalue weighted by Crippen LogP contribution is -2.00. The van der Waals surface area contributed by atoms with Crippen LogP contribution in [-0.4, -0.2) is 7.11 Å². The van der Waals surface area contributed by atoms with E-state index in [0.717, 1.165) is 5.56 Å². The maximum atomic E-state index is 5.91. The van der Waals surface area contributed by atoms with Crippen LogP contribution in [0.1, 0.15) is 5.56 Å². The highest BCUT2D eigenvalue weighted by Crippen LogP contribution is 2.31. The van der Waals surface area contributed by atoms with Gasteiger partial charge in [0.2, 0.25) is 0 Å². The van der Waals surface area contributed by atoms with Gasteiger partial charge in [0.1, 0.15) is 23.8 Å². The van der Waals surface area contributed by atoms with Crippen molar-refractivity contribution >= 4 is 17.3 Å². The summed E-state index contributed by atoms with van der Waals surface area (Å²) in [6, 6.07) is 12.9. The molecular weight excluding hydrogens is 250 g/mol. The molecule has 0 saturated carbocycles. The lowest BCUT2D eigenvalue weighted by atomic mass is 10.2. The van der Waals surface area contributed by atoms with E-state index >= 15 is 0 Å². The first-order valence-electron chi connectivity index (χ1n) is 5.50. The first-order valence-corrected chi connectivity index (χ1v) is 5.88. The van der Waals surface area contributed by atoms with Gasteiger partial charge in [0, 0.05) is 5.02 Å². The quantitative estimate of drug-likeness (QED) is 0.859. The molecule has 2 N–H and O–H groups in total. The van der Waals surface area contributed by atoms with Crippen LogP contribution in [0.4, 0.5) is 5.69 Å². The Morgan fingerprint density at radius 1 is 1.06 bits per heavy atom. The highest BCUT2D eigenvalue weighted by molar-refractivity contribution is 6.30. The Morgan fingerprint density at radius 3 is 2.39 bits per heavy atom. The van der Waals surface area contributed by atoms with Crippen molar-refractivity contribution in [2.45, 2.75) is 6.61 Å². The third kappa shape index (κ3) is 2.87. The van der Waals surface area contributed by atoms with Crippen LogP contribution in [0.25, 0.3) is 0 Å². The number of para-hydroxylation sites is 1. The number of nitrogen functional groups attached to an aromatic ring is 1. The van der Waals surface area contributed by atoms with Crippen molar-refractivity contribution in [1.82, 2.24) is 0 Å². The Kier molecular flexibility index (Phi) is 3.95. The molecule has 4 heteroatoms. The first kappa shape index (κ1) is 12.6. The average Bonchev–Trinajstić information content (AvgIpc) is 2.39. The number of anilines is 1. The third-order valence-electron chi connectivity index (χ3n) is 2.55. The van der Waals surface area contributed by atoms with Crippen molar-refractivity contribution in [1.29, 1.82) is 0 Å². The van der Waals surface area contributed by atoms with Gasteiger partial charge in [0.15, 0.2) is 0 Å². The molecule has 0 aliphatic rings. The van der Waals surface area contributed by atoms with E-state index in [9.17, 15) is 0 Å². The highest BCUT2D eigenvalue weighted by Gasteiger charge is 2.06. The number of ether oxygens (including phenoxy) is 2. The zero-order valence-corrected chi connectivity index (χ0v) is 10.8. The van der Waals surface area contributed by atoms with E-state index in [-0.39, 0.29) is 0 Å². The fourth-order valence-electron chi connectivity index (χ4n) is 1.57. The van der Waals surface area contributed by atoms with E-state index in [2.05, 4.69) is 0 Å². The van der Waals surface area contributed by atoms with Crippen molar-refractivity contribution in [3.05, 3.63) is 53.1 Å². The van der Waals surface area contributed by atoms with E-state index in [4.69, 9.17) is 26.8 Å². The number of hydrogen-bond acceptors (Lipinski definition) is 3. The Labute approximate surface area is 111 Å². The van der Waals surface area contributed by atoms with Crippen LogP contribution in [0.3, 0.4) is 0 Å². The summed E-state index contributed by atoms with van der Waals surface area (Å²) in [5, 5.41) is 0.708. The summed E-state index contributed by atoms with van der Waals surface area (Å²) in [5.74, 6) is 1.23. The summed E-state index contributed by atoms with van der Waals surface area (Å²) >= 11 is 5.82. The van der Waals surface area contributed by atoms with Gasteiger partial charge in [0.25, 0.3) is 0 Å². The largest absolute Gasteiger partial charge is 0.494 e. The topological polar surface area (TPSA) is 44.5 Å². The Hall–Kier alpha value is -1.87. The molecule has 94 valence electrons. The monoisotopic (exact) mass is 263 g/mol. The predicted octanol–water partition coefficient (Wildman–Crippen LogP) is 3.51. The van der Waals surface area contributed by atoms with Crippen LogP contribution < -0.4 is 15.2 Å². The summed E-state index contributed by atoms with van der Waals surface area (Å²) in [4.78, 5) is 0. The molecule has 0 saturated heterocycles. The first-order chi connectivity index (χ1) is 8.70. The van der Waals surface area contributed by atoms with Gasteiger partial charge in [-0.3, -0.25) is 0 Å². The Morgan fingerprint density at radius 2 is 1.72 bits per heavy atom. The van der Waals surface area contributed by atoms with Crippen molar-refractivity contribution in [2.75, 3.05) is 12.8 Å². The smallest absolute Gasteiger partial charge is 0.146 e. The van der Waals surface area contributed by atoms with Crippen LogP contribution in [0.2, 0.25) is 5.02 Å². The minimum atomic E-state index is 0.439. The molecule has 0 aliphatic carbocycles. The highest BCUT2D eigenvalue weighted by atomic mass is 35.5. The average molecular weight is 264 g/mol. The van der Waals surface area contributed by atoms with Gasteiger partial charge in [-0.1, -0.05) is 29.8 Å². The summed E-state index contributed by atoms with van der Waals surface area (Å²) in [6.07, 6.45) is 0. The summed E-state index contributed by atoms with van der Waals surface area (Å²) in [6.45, 7) is 0.439. The number of nitrogens with two attached hydrogens (primary N) is 1. The lowest BCUT2D eigenvalue weighted by molar-refractivity contribution is 0.306. The molecule has 18 heavy (non-hydrogen) atoms. The van der Waals surface area contributed by atoms with E-state index < -0.39 is 0 Å². The van der Waals surface area contributed by atoms with Crippen LogP contribution in [0.5, 0.6) is 11.5 Å². The molecule has 0 radical (unpaired) electrons. The molecule has 2 aromatic carbocycles. The molecule has 0 amide bonds. The molecule has 0 atom stereocenters. The van der Waals surface area contributed by atoms with Crippen molar-refractivity contribution in [3.8, 4) is 11.5 Å². The second-order valence-electron chi connectivity index (χ2n) is 3.79. The van der Waals surface area contributed by atoms with E-state index in [1.807, 2.05) is 36.4 Å². The van der Waals surface area contributed by atoms with Crippen LogP contribution in [0.15, 0.2) is 42.5 Å². The van der Waals surface area contributed by atoms with Crippen LogP contribution in [0, 0.1) is 0 Å². The van der Waals surface area contributed by atoms with Gasteiger partial charge >= 0.3 is 0 Å². The number of methoxy groups -OCH3 is 1. The second kappa shape index (κ2) is 5.65. The minimum absolute atomic E-state index is 0.439. The van der Waals surface area contributed by atoms with Crippen molar-refractivity contribution in [3.63, 3.8) is 0 Å². The van der Waals surface area contributed by atoms with Crippen molar-refractivity contribution < 1.29 is 9.47 Å². The van der Waals surface area contributed by atoms with E-state index in [0.29, 0.717) is 28.8 Å². The molecule has 3 nitrogen and oxygen atoms in total. The van der Waals surface area contributed by atoms with E-state index in [1.165, 1.54) is 0 Å². The lowest BCUT2D eigenvalue weighted by Gasteiger charge is -2.11. The van der Waals surface area contributed by atoms with Crippen molar-refractivity contribution in [2.24, 2.45) is 0 Å². The summed E-state index contributed by atoms with van der Waals surface area (Å²) in [5.41, 5.74) is 7.45. The molecule has 2 rings (SSSR count). The van der Waals surface area contributed by atoms with Gasteiger partial charge in [-0.25, -0.2) is 0 Å². The molecule has 0 aromatic heterocycles. The van der Waals surface area contributed by atoms with Crippen LogP contribution >= 0.6 is 11.6 Å². The van der Waals surface area contributed by atoms with Gasteiger partial charge in [-0.05, 0) is 29.8 Å². The fourth-order valence-corrected chi connectivity index (χ4v) is 1.70. The molecule has 2 aromatic rings. The Bertz CT molecular complexity index is 526. The third-order valence-corrected chi connectivity index (χ3v) is 2.81. The van der Waals surface area contributed by atoms with Gasteiger partial charge in [0.05, 0.1) is 7.11 Å². The SMILES string of the molecule is COc1cccc(OCc2ccc(Cl)cc2)c1N. The molecule has 0 aliphatic heterocycles. The molecule has 0 unspecified atom stereocenters. The zero-order chi connectivity index (χ0) is 13.0. The number of benzene rings is 2. The normalized spacial score (nSPS) is 10.1.